The van der Waals surface area contributed by atoms with E-state index in [2.05, 4.69) is 10.6 Å². The molecule has 0 radical (unpaired) electrons. The molecule has 0 heterocycles. The van der Waals surface area contributed by atoms with Crippen LogP contribution in [0.3, 0.4) is 0 Å². The lowest BCUT2D eigenvalue weighted by molar-refractivity contribution is -0.144. The lowest BCUT2D eigenvalue weighted by Gasteiger charge is -2.22. The minimum atomic E-state index is -0.683. The van der Waals surface area contributed by atoms with E-state index < -0.39 is 18.0 Å². The van der Waals surface area contributed by atoms with Crippen LogP contribution in [0.4, 0.5) is 4.79 Å². The highest BCUT2D eigenvalue weighted by Gasteiger charge is 2.26. The van der Waals surface area contributed by atoms with Gasteiger partial charge in [0, 0.05) is 18.2 Å². The first-order valence-electron chi connectivity index (χ1n) is 7.79. The third-order valence-electron chi connectivity index (χ3n) is 3.89. The van der Waals surface area contributed by atoms with Crippen LogP contribution in [-0.4, -0.2) is 39.4 Å². The number of carbonyl (C=O) groups is 2. The van der Waals surface area contributed by atoms with Crippen molar-refractivity contribution in [2.75, 3.05) is 21.3 Å². The highest BCUT2D eigenvalue weighted by Crippen LogP contribution is 2.24. The van der Waals surface area contributed by atoms with E-state index in [0.29, 0.717) is 11.5 Å². The van der Waals surface area contributed by atoms with Gasteiger partial charge in [0.2, 0.25) is 0 Å². The Balaban J connectivity index is 2.69. The Labute approximate surface area is 142 Å². The molecule has 1 aromatic rings. The SMILES string of the molecule is CC[C@H](C)[C@@H](NC(=O)NCc1ccc(OC)cc1OC)C(=O)OC. The van der Waals surface area contributed by atoms with Crippen LogP contribution in [0.2, 0.25) is 0 Å². The van der Waals surface area contributed by atoms with Crippen molar-refractivity contribution in [3.05, 3.63) is 23.8 Å². The molecule has 2 atom stereocenters. The maximum Gasteiger partial charge on any atom is 0.328 e. The fraction of sp³-hybridized carbons (Fsp3) is 0.529. The van der Waals surface area contributed by atoms with Crippen molar-refractivity contribution in [3.63, 3.8) is 0 Å². The first-order valence-corrected chi connectivity index (χ1v) is 7.79. The van der Waals surface area contributed by atoms with Crippen molar-refractivity contribution in [1.29, 1.82) is 0 Å². The minimum absolute atomic E-state index is 0.0290. The molecule has 0 saturated carbocycles. The van der Waals surface area contributed by atoms with E-state index in [0.717, 1.165) is 12.0 Å². The second-order valence-corrected chi connectivity index (χ2v) is 5.39. The molecule has 7 nitrogen and oxygen atoms in total. The zero-order valence-corrected chi connectivity index (χ0v) is 14.8. The van der Waals surface area contributed by atoms with Crippen molar-refractivity contribution in [2.24, 2.45) is 5.92 Å². The number of rotatable bonds is 8. The number of nitrogens with one attached hydrogen (secondary N) is 2. The number of carbonyl (C=O) groups excluding carboxylic acids is 2. The first kappa shape index (κ1) is 19.6. The summed E-state index contributed by atoms with van der Waals surface area (Å²) in [5.74, 6) is 0.795. The third kappa shape index (κ3) is 5.33. The normalized spacial score (nSPS) is 12.7. The first-order chi connectivity index (χ1) is 11.5. The molecule has 0 saturated heterocycles. The molecule has 1 rings (SSSR count). The van der Waals surface area contributed by atoms with Crippen LogP contribution in [0.1, 0.15) is 25.8 Å². The van der Waals surface area contributed by atoms with Crippen LogP contribution >= 0.6 is 0 Å². The summed E-state index contributed by atoms with van der Waals surface area (Å²) in [5, 5.41) is 5.38. The number of hydrogen-bond donors (Lipinski definition) is 2. The average Bonchev–Trinajstić information content (AvgIpc) is 2.62. The van der Waals surface area contributed by atoms with Gasteiger partial charge in [-0.3, -0.25) is 0 Å². The molecule has 0 aliphatic heterocycles. The van der Waals surface area contributed by atoms with Gasteiger partial charge in [0.1, 0.15) is 17.5 Å². The standard InChI is InChI=1S/C17H26N2O5/c1-6-11(2)15(16(20)24-5)19-17(21)18-10-12-7-8-13(22-3)9-14(12)23-4/h7-9,11,15H,6,10H2,1-5H3,(H2,18,19,21)/t11-,15+/m0/s1. The predicted octanol–water partition coefficient (Wildman–Crippen LogP) is 2.09. The molecular formula is C17H26N2O5. The molecule has 0 aromatic heterocycles. The Kier molecular flexibility index (Phi) is 7.88. The second kappa shape index (κ2) is 9.64. The van der Waals surface area contributed by atoms with Crippen LogP contribution in [0, 0.1) is 5.92 Å². The molecular weight excluding hydrogens is 312 g/mol. The second-order valence-electron chi connectivity index (χ2n) is 5.39. The molecule has 0 aliphatic carbocycles. The topological polar surface area (TPSA) is 85.9 Å². The lowest BCUT2D eigenvalue weighted by atomic mass is 9.99. The molecule has 1 aromatic carbocycles. The predicted molar refractivity (Wildman–Crippen MR) is 90.2 cm³/mol. The zero-order valence-electron chi connectivity index (χ0n) is 14.8. The largest absolute Gasteiger partial charge is 0.497 e. The molecule has 0 fully saturated rings. The van der Waals surface area contributed by atoms with Crippen molar-refractivity contribution in [3.8, 4) is 11.5 Å². The lowest BCUT2D eigenvalue weighted by Crippen LogP contribution is -2.49. The smallest absolute Gasteiger partial charge is 0.328 e. The van der Waals surface area contributed by atoms with Crippen molar-refractivity contribution in [1.82, 2.24) is 10.6 Å². The maximum absolute atomic E-state index is 12.1. The van der Waals surface area contributed by atoms with Gasteiger partial charge in [-0.25, -0.2) is 9.59 Å². The number of esters is 1. The van der Waals surface area contributed by atoms with E-state index in [1.54, 1.807) is 26.4 Å². The van der Waals surface area contributed by atoms with Crippen molar-refractivity contribution >= 4 is 12.0 Å². The fourth-order valence-corrected chi connectivity index (χ4v) is 2.16. The van der Waals surface area contributed by atoms with Crippen LogP contribution < -0.4 is 20.1 Å². The summed E-state index contributed by atoms with van der Waals surface area (Å²) in [6.45, 7) is 4.09. The molecule has 0 bridgehead atoms. The summed E-state index contributed by atoms with van der Waals surface area (Å²) in [7, 11) is 4.43. The van der Waals surface area contributed by atoms with E-state index in [1.165, 1.54) is 7.11 Å². The number of benzene rings is 1. The molecule has 7 heteroatoms. The Morgan fingerprint density at radius 3 is 2.42 bits per heavy atom. The highest BCUT2D eigenvalue weighted by molar-refractivity contribution is 5.83. The van der Waals surface area contributed by atoms with E-state index in [9.17, 15) is 9.59 Å². The van der Waals surface area contributed by atoms with E-state index in [4.69, 9.17) is 14.2 Å². The van der Waals surface area contributed by atoms with Gasteiger partial charge in [0.25, 0.3) is 0 Å². The monoisotopic (exact) mass is 338 g/mol. The summed E-state index contributed by atoms with van der Waals surface area (Å²) >= 11 is 0. The number of ether oxygens (including phenoxy) is 3. The van der Waals surface area contributed by atoms with Gasteiger partial charge in [0.05, 0.1) is 21.3 Å². The Bertz CT molecular complexity index is 562. The summed E-state index contributed by atoms with van der Waals surface area (Å²) in [6, 6.07) is 4.21. The summed E-state index contributed by atoms with van der Waals surface area (Å²) in [4.78, 5) is 23.9. The van der Waals surface area contributed by atoms with Gasteiger partial charge in [-0.1, -0.05) is 20.3 Å². The third-order valence-corrected chi connectivity index (χ3v) is 3.89. The van der Waals surface area contributed by atoms with Gasteiger partial charge in [-0.2, -0.15) is 0 Å². The molecule has 24 heavy (non-hydrogen) atoms. The van der Waals surface area contributed by atoms with Gasteiger partial charge in [-0.05, 0) is 18.1 Å². The number of amides is 2. The molecule has 0 unspecified atom stereocenters. The number of methoxy groups -OCH3 is 3. The van der Waals surface area contributed by atoms with Crippen LogP contribution in [0.25, 0.3) is 0 Å². The van der Waals surface area contributed by atoms with Gasteiger partial charge < -0.3 is 24.8 Å². The number of urea groups is 1. The van der Waals surface area contributed by atoms with Crippen LogP contribution in [-0.2, 0) is 16.1 Å². The molecule has 134 valence electrons. The average molecular weight is 338 g/mol. The van der Waals surface area contributed by atoms with E-state index in [-0.39, 0.29) is 12.5 Å². The van der Waals surface area contributed by atoms with Crippen molar-refractivity contribution < 1.29 is 23.8 Å². The van der Waals surface area contributed by atoms with Gasteiger partial charge in [0.15, 0.2) is 0 Å². The molecule has 0 spiro atoms. The molecule has 0 aliphatic rings. The molecule has 2 amide bonds. The quantitative estimate of drug-likeness (QED) is 0.709. The van der Waals surface area contributed by atoms with E-state index in [1.807, 2.05) is 19.9 Å². The molecule has 2 N–H and O–H groups in total. The summed E-state index contributed by atoms with van der Waals surface area (Å²) < 4.78 is 15.2. The van der Waals surface area contributed by atoms with Gasteiger partial charge >= 0.3 is 12.0 Å². The number of hydrogen-bond acceptors (Lipinski definition) is 5. The Morgan fingerprint density at radius 1 is 1.17 bits per heavy atom. The van der Waals surface area contributed by atoms with Crippen LogP contribution in [0.15, 0.2) is 18.2 Å². The zero-order chi connectivity index (χ0) is 18.1. The van der Waals surface area contributed by atoms with Crippen molar-refractivity contribution in [2.45, 2.75) is 32.9 Å². The maximum atomic E-state index is 12.1. The van der Waals surface area contributed by atoms with Crippen LogP contribution in [0.5, 0.6) is 11.5 Å². The summed E-state index contributed by atoms with van der Waals surface area (Å²) in [6.07, 6.45) is 0.742. The van der Waals surface area contributed by atoms with E-state index >= 15 is 0 Å². The highest BCUT2D eigenvalue weighted by atomic mass is 16.5. The Morgan fingerprint density at radius 2 is 1.88 bits per heavy atom. The minimum Gasteiger partial charge on any atom is -0.497 e. The van der Waals surface area contributed by atoms with Gasteiger partial charge in [-0.15, -0.1) is 0 Å². The summed E-state index contributed by atoms with van der Waals surface area (Å²) in [5.41, 5.74) is 0.798. The Hall–Kier alpha value is -2.44. The fourth-order valence-electron chi connectivity index (χ4n) is 2.16.